The van der Waals surface area contributed by atoms with Gasteiger partial charge in [-0.3, -0.25) is 38.5 Å². The Kier molecular flexibility index (Phi) is 14.7. The maximum atomic E-state index is 14.2. The molecule has 0 unspecified atom stereocenters. The maximum absolute atomic E-state index is 14.2. The molecule has 0 spiro atoms. The molecule has 53 heavy (non-hydrogen) atoms. The molecule has 0 saturated carbocycles. The van der Waals surface area contributed by atoms with Crippen LogP contribution in [0.2, 0.25) is 0 Å². The lowest BCUT2D eigenvalue weighted by Gasteiger charge is -2.38. The quantitative estimate of drug-likeness (QED) is 0.157. The lowest BCUT2D eigenvalue weighted by molar-refractivity contribution is -0.142. The smallest absolute Gasteiger partial charge is 0.305 e. The minimum Gasteiger partial charge on any atom is -0.508 e. The number of aromatic hydroxyl groups is 1. The number of phenolic OH excluding ortho intramolecular Hbond substituents is 1. The molecule has 17 heteroatoms. The average Bonchev–Trinajstić information content (AvgIpc) is 3.50. The summed E-state index contributed by atoms with van der Waals surface area (Å²) in [5.41, 5.74) is -0.132. The van der Waals surface area contributed by atoms with Crippen LogP contribution in [0.1, 0.15) is 79.7 Å². The van der Waals surface area contributed by atoms with Gasteiger partial charge < -0.3 is 47.2 Å². The minimum atomic E-state index is -1.72. The Morgan fingerprint density at radius 3 is 1.98 bits per heavy atom. The number of hydrogen-bond acceptors (Lipinski definition) is 10. The molecule has 2 aliphatic rings. The Labute approximate surface area is 309 Å². The summed E-state index contributed by atoms with van der Waals surface area (Å²) in [5.74, 6) is -6.31. The lowest BCUT2D eigenvalue weighted by Crippen LogP contribution is -2.66. The third-order valence-electron chi connectivity index (χ3n) is 8.99. The van der Waals surface area contributed by atoms with E-state index in [0.717, 1.165) is 0 Å². The van der Waals surface area contributed by atoms with Crippen LogP contribution in [-0.2, 0) is 40.0 Å². The molecule has 6 amide bonds. The Morgan fingerprint density at radius 1 is 0.849 bits per heavy atom. The molecule has 2 fully saturated rings. The van der Waals surface area contributed by atoms with Gasteiger partial charge in [-0.25, -0.2) is 0 Å². The molecule has 2 aliphatic heterocycles. The van der Waals surface area contributed by atoms with Crippen LogP contribution in [0.5, 0.6) is 5.75 Å². The Balaban J connectivity index is 2.16. The van der Waals surface area contributed by atoms with E-state index < -0.39 is 102 Å². The van der Waals surface area contributed by atoms with E-state index in [9.17, 15) is 48.9 Å². The maximum Gasteiger partial charge on any atom is 0.305 e. The molecule has 3 rings (SSSR count). The minimum absolute atomic E-state index is 0.0114. The number of hydrogen-bond donors (Lipinski definition) is 9. The first-order valence-electron chi connectivity index (χ1n) is 17.9. The third-order valence-corrected chi connectivity index (χ3v) is 8.99. The molecule has 0 aliphatic carbocycles. The number of phenols is 1. The first-order valence-corrected chi connectivity index (χ1v) is 17.9. The van der Waals surface area contributed by atoms with E-state index in [1.807, 2.05) is 0 Å². The number of amides is 6. The molecule has 0 bridgehead atoms. The second-order valence-electron chi connectivity index (χ2n) is 15.4. The molecule has 2 saturated heterocycles. The van der Waals surface area contributed by atoms with Crippen LogP contribution in [-0.4, -0.2) is 122 Å². The summed E-state index contributed by atoms with van der Waals surface area (Å²) in [5, 5.41) is 45.8. The van der Waals surface area contributed by atoms with Gasteiger partial charge in [0.25, 0.3) is 0 Å². The number of aliphatic hydroxyl groups is 1. The van der Waals surface area contributed by atoms with Crippen LogP contribution in [0.3, 0.4) is 0 Å². The molecule has 1 aromatic rings. The third kappa shape index (κ3) is 12.4. The van der Waals surface area contributed by atoms with Gasteiger partial charge in [0.2, 0.25) is 35.4 Å². The first kappa shape index (κ1) is 42.6. The van der Waals surface area contributed by atoms with Gasteiger partial charge in [0.1, 0.15) is 36.0 Å². The second-order valence-corrected chi connectivity index (χ2v) is 15.4. The number of carbonyl (C=O) groups excluding carboxylic acids is 6. The van der Waals surface area contributed by atoms with Crippen molar-refractivity contribution in [1.29, 1.82) is 0 Å². The van der Waals surface area contributed by atoms with Crippen LogP contribution in [0, 0.1) is 5.92 Å². The molecule has 17 nitrogen and oxygen atoms in total. The van der Waals surface area contributed by atoms with E-state index in [-0.39, 0.29) is 31.1 Å². The van der Waals surface area contributed by atoms with Gasteiger partial charge in [-0.2, -0.15) is 0 Å². The zero-order chi connectivity index (χ0) is 39.8. The van der Waals surface area contributed by atoms with Crippen LogP contribution in [0.4, 0.5) is 0 Å². The van der Waals surface area contributed by atoms with Crippen LogP contribution in [0.15, 0.2) is 24.3 Å². The highest BCUT2D eigenvalue weighted by Crippen LogP contribution is 2.24. The molecule has 294 valence electrons. The zero-order valence-electron chi connectivity index (χ0n) is 31.4. The molecule has 9 N–H and O–H groups in total. The highest BCUT2D eigenvalue weighted by Gasteiger charge is 2.44. The van der Waals surface area contributed by atoms with Crippen molar-refractivity contribution in [3.8, 4) is 5.75 Å². The summed E-state index contributed by atoms with van der Waals surface area (Å²) in [6.45, 7) is 11.9. The van der Waals surface area contributed by atoms with E-state index in [2.05, 4.69) is 31.9 Å². The summed E-state index contributed by atoms with van der Waals surface area (Å²) in [7, 11) is 0. The van der Waals surface area contributed by atoms with E-state index in [1.54, 1.807) is 58.6 Å². The first-order chi connectivity index (χ1) is 24.7. The van der Waals surface area contributed by atoms with Gasteiger partial charge >= 0.3 is 5.97 Å². The van der Waals surface area contributed by atoms with Crippen molar-refractivity contribution in [1.82, 2.24) is 36.8 Å². The summed E-state index contributed by atoms with van der Waals surface area (Å²) in [6, 6.07) is -2.93. The zero-order valence-corrected chi connectivity index (χ0v) is 31.4. The highest BCUT2D eigenvalue weighted by atomic mass is 16.4. The van der Waals surface area contributed by atoms with Gasteiger partial charge in [0.05, 0.1) is 24.6 Å². The number of rotatable bonds is 8. The van der Waals surface area contributed by atoms with E-state index >= 15 is 0 Å². The van der Waals surface area contributed by atoms with E-state index in [1.165, 1.54) is 19.1 Å². The van der Waals surface area contributed by atoms with Gasteiger partial charge in [0.15, 0.2) is 0 Å². The monoisotopic (exact) mass is 745 g/mol. The number of benzene rings is 1. The number of carboxylic acid groups (broad SMARTS) is 1. The topological polar surface area (TPSA) is 256 Å². The predicted octanol–water partition coefficient (Wildman–Crippen LogP) is -0.958. The number of aliphatic carboxylic acids is 1. The van der Waals surface area contributed by atoms with Crippen LogP contribution < -0.4 is 31.9 Å². The molecular formula is C36H55N7O10. The van der Waals surface area contributed by atoms with Crippen molar-refractivity contribution < 1.29 is 48.9 Å². The standard InChI is InChI=1S/C36H55N7O10/c1-18(2)15-23-30(48)39-25(17-27(46)47)32(50)41-28(20(4)44)34(52)37-19(3)29(35(53)42-36(5,6)7)43-14-8-9-26(43)33(51)40-24(31(49)38-23)16-21-10-12-22(45)13-11-21/h10-13,18-20,23-26,28-29,44-45H,8-9,14-17H2,1-7H3,(H,37,52)(H,38,49)(H,39,48)(H,40,51)(H,41,50)(H,42,53)(H,46,47)/t19-,20+,23-,24-,25-,26-,28-,29-/m0/s1. The van der Waals surface area contributed by atoms with E-state index in [4.69, 9.17) is 0 Å². The van der Waals surface area contributed by atoms with Crippen molar-refractivity contribution in [3.63, 3.8) is 0 Å². The summed E-state index contributed by atoms with van der Waals surface area (Å²) in [6.07, 6.45) is -1.56. The molecule has 8 atom stereocenters. The molecule has 0 aromatic heterocycles. The van der Waals surface area contributed by atoms with Gasteiger partial charge in [-0.1, -0.05) is 26.0 Å². The lowest BCUT2D eigenvalue weighted by atomic mass is 9.99. The number of carboxylic acids is 1. The van der Waals surface area contributed by atoms with E-state index in [0.29, 0.717) is 18.4 Å². The Bertz CT molecular complexity index is 1510. The Morgan fingerprint density at radius 2 is 1.42 bits per heavy atom. The van der Waals surface area contributed by atoms with Crippen LogP contribution >= 0.6 is 0 Å². The SMILES string of the molecule is CC(C)C[C@@H]1NC(=O)[C@H](Cc2ccc(O)cc2)NC(=O)[C@@H]2CCCN2[C@H](C(=O)NC(C)(C)C)[C@H](C)NC(=O)[C@H]([C@@H](C)O)NC(=O)[C@H](CC(=O)O)NC1=O. The number of nitrogens with one attached hydrogen (secondary N) is 6. The molecule has 0 radical (unpaired) electrons. The van der Waals surface area contributed by atoms with Crippen molar-refractivity contribution in [2.24, 2.45) is 5.92 Å². The van der Waals surface area contributed by atoms with Crippen molar-refractivity contribution in [3.05, 3.63) is 29.8 Å². The van der Waals surface area contributed by atoms with Gasteiger partial charge in [0, 0.05) is 12.0 Å². The highest BCUT2D eigenvalue weighted by molar-refractivity contribution is 5.97. The predicted molar refractivity (Wildman–Crippen MR) is 192 cm³/mol. The van der Waals surface area contributed by atoms with Crippen LogP contribution in [0.25, 0.3) is 0 Å². The van der Waals surface area contributed by atoms with Crippen molar-refractivity contribution in [2.45, 2.75) is 135 Å². The summed E-state index contributed by atoms with van der Waals surface area (Å²) < 4.78 is 0. The fourth-order valence-electron chi connectivity index (χ4n) is 6.54. The van der Waals surface area contributed by atoms with Gasteiger partial charge in [-0.05, 0) is 84.0 Å². The van der Waals surface area contributed by atoms with Gasteiger partial charge in [-0.15, -0.1) is 0 Å². The largest absolute Gasteiger partial charge is 0.508 e. The fraction of sp³-hybridized carbons (Fsp3) is 0.639. The normalized spacial score (nSPS) is 27.6. The number of nitrogens with zero attached hydrogens (tertiary/aromatic N) is 1. The fourth-order valence-corrected chi connectivity index (χ4v) is 6.54. The number of carbonyl (C=O) groups is 7. The Hall–Kier alpha value is -4.77. The number of aliphatic hydroxyl groups excluding tert-OH is 1. The second kappa shape index (κ2) is 18.3. The summed E-state index contributed by atoms with van der Waals surface area (Å²) >= 11 is 0. The molecule has 1 aromatic carbocycles. The molecular weight excluding hydrogens is 690 g/mol. The number of fused-ring (bicyclic) bond motifs is 1. The molecule has 2 heterocycles. The van der Waals surface area contributed by atoms with Crippen molar-refractivity contribution >= 4 is 41.4 Å². The average molecular weight is 746 g/mol. The summed E-state index contributed by atoms with van der Waals surface area (Å²) in [4.78, 5) is 96.4. The van der Waals surface area contributed by atoms with Crippen molar-refractivity contribution in [2.75, 3.05) is 6.54 Å².